The quantitative estimate of drug-likeness (QED) is 0.726. The molecule has 2 fully saturated rings. The summed E-state index contributed by atoms with van der Waals surface area (Å²) < 4.78 is 10.5. The van der Waals surface area contributed by atoms with Crippen LogP contribution in [0.4, 0.5) is 15.3 Å². The summed E-state index contributed by atoms with van der Waals surface area (Å²) in [4.78, 5) is 44.6. The van der Waals surface area contributed by atoms with Crippen LogP contribution in [-0.2, 0) is 19.1 Å². The van der Waals surface area contributed by atoms with Crippen molar-refractivity contribution in [2.24, 2.45) is 5.41 Å². The van der Waals surface area contributed by atoms with Gasteiger partial charge in [0.05, 0.1) is 29.4 Å². The van der Waals surface area contributed by atoms with E-state index in [-0.39, 0.29) is 18.1 Å². The number of para-hydroxylation sites is 1. The molecule has 1 N–H and O–H groups in total. The van der Waals surface area contributed by atoms with Gasteiger partial charge in [0.15, 0.2) is 0 Å². The third-order valence-corrected chi connectivity index (χ3v) is 5.48. The standard InChI is InChI=1S/C22H31N3O6/c1-14(2)29-20(27)23-24(21(28)30-15(3)4)17-12-9-13-22(5)18(17)31-25(19(22)26)16-10-7-6-8-11-16/h6-8,10-11,14-15,17-18H,9,12-13H2,1-5H3,(H,23,27)/t17?,18-,22+/m0/s1. The second kappa shape index (κ2) is 9.13. The zero-order valence-electron chi connectivity index (χ0n) is 18.7. The van der Waals surface area contributed by atoms with Crippen molar-refractivity contribution in [3.05, 3.63) is 30.3 Å². The fourth-order valence-corrected chi connectivity index (χ4v) is 4.07. The van der Waals surface area contributed by atoms with Crippen LogP contribution in [0.15, 0.2) is 30.3 Å². The Kier molecular flexibility index (Phi) is 6.74. The van der Waals surface area contributed by atoms with Gasteiger partial charge in [-0.05, 0) is 59.6 Å². The van der Waals surface area contributed by atoms with Crippen LogP contribution in [0, 0.1) is 5.41 Å². The Bertz CT molecular complexity index is 815. The van der Waals surface area contributed by atoms with Gasteiger partial charge in [0.1, 0.15) is 6.10 Å². The minimum absolute atomic E-state index is 0.171. The van der Waals surface area contributed by atoms with Crippen molar-refractivity contribution in [1.82, 2.24) is 10.4 Å². The van der Waals surface area contributed by atoms with Crippen molar-refractivity contribution < 1.29 is 28.7 Å². The van der Waals surface area contributed by atoms with Crippen LogP contribution in [0.3, 0.4) is 0 Å². The van der Waals surface area contributed by atoms with E-state index in [9.17, 15) is 14.4 Å². The molecule has 3 rings (SSSR count). The fourth-order valence-electron chi connectivity index (χ4n) is 4.07. The van der Waals surface area contributed by atoms with E-state index >= 15 is 0 Å². The van der Waals surface area contributed by atoms with Crippen LogP contribution < -0.4 is 10.5 Å². The van der Waals surface area contributed by atoms with Crippen LogP contribution in [0.25, 0.3) is 0 Å². The molecule has 1 aliphatic carbocycles. The van der Waals surface area contributed by atoms with Gasteiger partial charge in [0.25, 0.3) is 5.91 Å². The number of carbonyl (C=O) groups is 3. The molecular formula is C22H31N3O6. The number of hydroxylamine groups is 1. The van der Waals surface area contributed by atoms with Crippen molar-refractivity contribution in [3.63, 3.8) is 0 Å². The van der Waals surface area contributed by atoms with Crippen LogP contribution in [0.2, 0.25) is 0 Å². The highest BCUT2D eigenvalue weighted by atomic mass is 16.7. The number of fused-ring (bicyclic) bond motifs is 1. The summed E-state index contributed by atoms with van der Waals surface area (Å²) in [5, 5.41) is 2.41. The van der Waals surface area contributed by atoms with E-state index in [0.29, 0.717) is 24.9 Å². The summed E-state index contributed by atoms with van der Waals surface area (Å²) in [6.45, 7) is 8.71. The van der Waals surface area contributed by atoms with Crippen LogP contribution >= 0.6 is 0 Å². The average molecular weight is 434 g/mol. The minimum Gasteiger partial charge on any atom is -0.446 e. The number of nitrogens with one attached hydrogen (secondary N) is 1. The molecule has 1 aromatic carbocycles. The minimum atomic E-state index is -0.848. The predicted molar refractivity (Wildman–Crippen MR) is 113 cm³/mol. The van der Waals surface area contributed by atoms with Gasteiger partial charge in [-0.15, -0.1) is 0 Å². The first-order valence-corrected chi connectivity index (χ1v) is 10.7. The monoisotopic (exact) mass is 433 g/mol. The third kappa shape index (κ3) is 4.76. The molecule has 170 valence electrons. The maximum absolute atomic E-state index is 13.3. The van der Waals surface area contributed by atoms with Crippen LogP contribution in [-0.4, -0.2) is 47.5 Å². The topological polar surface area (TPSA) is 97.4 Å². The summed E-state index contributed by atoms with van der Waals surface area (Å²) in [6.07, 6.45) is -1.08. The molecule has 1 aromatic rings. The summed E-state index contributed by atoms with van der Waals surface area (Å²) in [5.74, 6) is -0.171. The third-order valence-electron chi connectivity index (χ3n) is 5.48. The first kappa shape index (κ1) is 22.9. The number of anilines is 1. The van der Waals surface area contributed by atoms with Gasteiger partial charge in [0, 0.05) is 0 Å². The summed E-state index contributed by atoms with van der Waals surface area (Å²) >= 11 is 0. The molecule has 1 heterocycles. The maximum atomic E-state index is 13.3. The van der Waals surface area contributed by atoms with Gasteiger partial charge < -0.3 is 9.47 Å². The normalized spacial score (nSPS) is 25.4. The molecule has 9 nitrogen and oxygen atoms in total. The Morgan fingerprint density at radius 3 is 2.42 bits per heavy atom. The first-order valence-electron chi connectivity index (χ1n) is 10.7. The molecule has 9 heteroatoms. The van der Waals surface area contributed by atoms with E-state index in [4.69, 9.17) is 14.3 Å². The summed E-state index contributed by atoms with van der Waals surface area (Å²) in [5.41, 5.74) is 2.28. The number of rotatable bonds is 4. The predicted octanol–water partition coefficient (Wildman–Crippen LogP) is 3.79. The molecule has 1 saturated carbocycles. The molecule has 0 aromatic heterocycles. The lowest BCUT2D eigenvalue weighted by Crippen LogP contribution is -2.61. The number of hydrazine groups is 1. The molecule has 0 spiro atoms. The van der Waals surface area contributed by atoms with E-state index in [0.717, 1.165) is 5.01 Å². The molecule has 1 aliphatic heterocycles. The maximum Gasteiger partial charge on any atom is 0.429 e. The van der Waals surface area contributed by atoms with E-state index in [1.165, 1.54) is 5.06 Å². The average Bonchev–Trinajstić information content (AvgIpc) is 2.97. The lowest BCUT2D eigenvalue weighted by atomic mass is 9.71. The number of benzene rings is 1. The van der Waals surface area contributed by atoms with Gasteiger partial charge in [-0.2, -0.15) is 5.06 Å². The Labute approximate surface area is 182 Å². The van der Waals surface area contributed by atoms with E-state index in [1.807, 2.05) is 25.1 Å². The Balaban J connectivity index is 1.90. The molecule has 1 saturated heterocycles. The van der Waals surface area contributed by atoms with Crippen LogP contribution in [0.5, 0.6) is 0 Å². The van der Waals surface area contributed by atoms with Gasteiger partial charge in [-0.25, -0.2) is 20.0 Å². The second-order valence-electron chi connectivity index (χ2n) is 8.71. The highest BCUT2D eigenvalue weighted by Gasteiger charge is 2.59. The second-order valence-corrected chi connectivity index (χ2v) is 8.71. The number of nitrogens with zero attached hydrogens (tertiary/aromatic N) is 2. The zero-order chi connectivity index (χ0) is 22.8. The number of amides is 3. The number of ether oxygens (including phenoxy) is 2. The van der Waals surface area contributed by atoms with Crippen LogP contribution in [0.1, 0.15) is 53.9 Å². The number of carbonyl (C=O) groups excluding carboxylic acids is 3. The first-order chi connectivity index (χ1) is 14.6. The van der Waals surface area contributed by atoms with Crippen molar-refractivity contribution in [2.75, 3.05) is 5.06 Å². The smallest absolute Gasteiger partial charge is 0.429 e. The summed E-state index contributed by atoms with van der Waals surface area (Å²) in [7, 11) is 0. The SMILES string of the molecule is CC(C)OC(=O)NN(C(=O)OC(C)C)C1CCC[C@@]2(C)C(=O)N(c3ccccc3)O[C@@H]12. The summed E-state index contributed by atoms with van der Waals surface area (Å²) in [6, 6.07) is 8.47. The van der Waals surface area contributed by atoms with Crippen molar-refractivity contribution in [2.45, 2.75) is 78.2 Å². The highest BCUT2D eigenvalue weighted by molar-refractivity contribution is 5.98. The Morgan fingerprint density at radius 2 is 1.81 bits per heavy atom. The van der Waals surface area contributed by atoms with Gasteiger partial charge in [0.2, 0.25) is 0 Å². The van der Waals surface area contributed by atoms with Crippen molar-refractivity contribution in [1.29, 1.82) is 0 Å². The Morgan fingerprint density at radius 1 is 1.16 bits per heavy atom. The van der Waals surface area contributed by atoms with Gasteiger partial charge >= 0.3 is 12.2 Å². The molecule has 0 bridgehead atoms. The molecular weight excluding hydrogens is 402 g/mol. The zero-order valence-corrected chi connectivity index (χ0v) is 18.7. The Hall–Kier alpha value is -2.81. The number of hydrogen-bond acceptors (Lipinski definition) is 6. The molecule has 2 aliphatic rings. The lowest BCUT2D eigenvalue weighted by molar-refractivity contribution is -0.127. The van der Waals surface area contributed by atoms with Gasteiger partial charge in [-0.1, -0.05) is 24.6 Å². The molecule has 0 radical (unpaired) electrons. The van der Waals surface area contributed by atoms with Crippen molar-refractivity contribution >= 4 is 23.8 Å². The van der Waals surface area contributed by atoms with E-state index < -0.39 is 29.7 Å². The fraction of sp³-hybridized carbons (Fsp3) is 0.591. The molecule has 1 unspecified atom stereocenters. The molecule has 31 heavy (non-hydrogen) atoms. The molecule has 3 amide bonds. The number of hydrogen-bond donors (Lipinski definition) is 1. The van der Waals surface area contributed by atoms with Crippen molar-refractivity contribution in [3.8, 4) is 0 Å². The van der Waals surface area contributed by atoms with E-state index in [1.54, 1.807) is 39.8 Å². The highest BCUT2D eigenvalue weighted by Crippen LogP contribution is 2.47. The largest absolute Gasteiger partial charge is 0.446 e. The lowest BCUT2D eigenvalue weighted by Gasteiger charge is -2.41. The van der Waals surface area contributed by atoms with E-state index in [2.05, 4.69) is 5.43 Å². The van der Waals surface area contributed by atoms with Gasteiger partial charge in [-0.3, -0.25) is 9.63 Å². The molecule has 3 atom stereocenters.